The van der Waals surface area contributed by atoms with Gasteiger partial charge in [-0.3, -0.25) is 5.32 Å². The highest BCUT2D eigenvalue weighted by Crippen LogP contribution is 2.26. The van der Waals surface area contributed by atoms with Crippen molar-refractivity contribution in [2.75, 3.05) is 19.8 Å². The van der Waals surface area contributed by atoms with Crippen molar-refractivity contribution in [3.05, 3.63) is 0 Å². The van der Waals surface area contributed by atoms with Gasteiger partial charge in [-0.2, -0.15) is 0 Å². The van der Waals surface area contributed by atoms with Gasteiger partial charge in [0.1, 0.15) is 5.72 Å². The zero-order valence-corrected chi connectivity index (χ0v) is 11.0. The predicted molar refractivity (Wildman–Crippen MR) is 61.0 cm³/mol. The molecule has 0 bridgehead atoms. The third-order valence-corrected chi connectivity index (χ3v) is 3.65. The topological polar surface area (TPSA) is 30.5 Å². The highest BCUT2D eigenvalue weighted by Gasteiger charge is 2.37. The molecule has 0 aliphatic carbocycles. The summed E-state index contributed by atoms with van der Waals surface area (Å²) in [5.74, 6) is 0.502. The van der Waals surface area contributed by atoms with Crippen molar-refractivity contribution in [3.8, 4) is 0 Å². The van der Waals surface area contributed by atoms with Crippen LogP contribution < -0.4 is 5.32 Å². The number of rotatable bonds is 5. The van der Waals surface area contributed by atoms with Crippen LogP contribution in [0.25, 0.3) is 0 Å². The largest absolute Gasteiger partial charge is 0.420 e. The summed E-state index contributed by atoms with van der Waals surface area (Å²) < 4.78 is 11.5. The molecule has 0 saturated carbocycles. The number of ether oxygens (including phenoxy) is 1. The lowest BCUT2D eigenvalue weighted by molar-refractivity contribution is -0.0610. The quantitative estimate of drug-likeness (QED) is 0.705. The van der Waals surface area contributed by atoms with Crippen molar-refractivity contribution in [2.24, 2.45) is 5.92 Å². The number of hydrogen-bond donors (Lipinski definition) is 1. The van der Waals surface area contributed by atoms with E-state index in [0.29, 0.717) is 5.92 Å². The molecular formula is C10H23NO2Si. The van der Waals surface area contributed by atoms with Gasteiger partial charge in [0.05, 0.1) is 6.61 Å². The van der Waals surface area contributed by atoms with Crippen LogP contribution in [0.1, 0.15) is 20.3 Å². The normalized spacial score (nSPS) is 27.9. The zero-order chi connectivity index (χ0) is 10.6. The second-order valence-corrected chi connectivity index (χ2v) is 6.92. The molecule has 0 radical (unpaired) electrons. The van der Waals surface area contributed by atoms with Crippen LogP contribution in [0.15, 0.2) is 0 Å². The van der Waals surface area contributed by atoms with E-state index < -0.39 is 9.04 Å². The van der Waals surface area contributed by atoms with Gasteiger partial charge in [0.25, 0.3) is 0 Å². The van der Waals surface area contributed by atoms with Gasteiger partial charge < -0.3 is 9.16 Å². The van der Waals surface area contributed by atoms with Gasteiger partial charge in [-0.25, -0.2) is 0 Å². The number of hydrogen-bond acceptors (Lipinski definition) is 3. The molecule has 0 aromatic carbocycles. The summed E-state index contributed by atoms with van der Waals surface area (Å²) >= 11 is 0. The van der Waals surface area contributed by atoms with Crippen LogP contribution in [0, 0.1) is 5.92 Å². The Balaban J connectivity index is 2.36. The lowest BCUT2D eigenvalue weighted by Gasteiger charge is -2.33. The fourth-order valence-electron chi connectivity index (χ4n) is 1.81. The second kappa shape index (κ2) is 5.26. The van der Waals surface area contributed by atoms with E-state index >= 15 is 0 Å². The maximum Gasteiger partial charge on any atom is 0.170 e. The van der Waals surface area contributed by atoms with Gasteiger partial charge in [0, 0.05) is 19.6 Å². The Morgan fingerprint density at radius 2 is 2.21 bits per heavy atom. The van der Waals surface area contributed by atoms with Crippen LogP contribution in [0.5, 0.6) is 0 Å². The van der Waals surface area contributed by atoms with E-state index in [1.807, 2.05) is 0 Å². The van der Waals surface area contributed by atoms with Crippen LogP contribution in [0.3, 0.4) is 0 Å². The standard InChI is InChI=1S/C10H23NO2Si/c1-9(2)10(11-6-8-12-10)5-7-13-14(3)4/h9,11,14H,5-8H2,1-4H3. The van der Waals surface area contributed by atoms with Crippen molar-refractivity contribution in [3.63, 3.8) is 0 Å². The monoisotopic (exact) mass is 217 g/mol. The summed E-state index contributed by atoms with van der Waals surface area (Å²) in [5, 5.41) is 3.46. The van der Waals surface area contributed by atoms with Crippen molar-refractivity contribution >= 4 is 9.04 Å². The van der Waals surface area contributed by atoms with Crippen molar-refractivity contribution in [1.82, 2.24) is 5.32 Å². The van der Waals surface area contributed by atoms with E-state index in [-0.39, 0.29) is 5.72 Å². The van der Waals surface area contributed by atoms with Crippen molar-refractivity contribution < 1.29 is 9.16 Å². The fraction of sp³-hybridized carbons (Fsp3) is 1.00. The summed E-state index contributed by atoms with van der Waals surface area (Å²) in [6, 6.07) is 0. The molecule has 1 saturated heterocycles. The van der Waals surface area contributed by atoms with Gasteiger partial charge in [-0.1, -0.05) is 13.8 Å². The minimum atomic E-state index is -0.876. The molecule has 0 amide bonds. The first-order chi connectivity index (χ1) is 6.57. The zero-order valence-electron chi connectivity index (χ0n) is 9.80. The van der Waals surface area contributed by atoms with Crippen molar-refractivity contribution in [2.45, 2.75) is 39.1 Å². The molecule has 1 aliphatic rings. The highest BCUT2D eigenvalue weighted by molar-refractivity contribution is 6.48. The molecule has 4 heteroatoms. The summed E-state index contributed by atoms with van der Waals surface area (Å²) in [7, 11) is -0.876. The summed E-state index contributed by atoms with van der Waals surface area (Å²) in [4.78, 5) is 0. The van der Waals surface area contributed by atoms with Crippen molar-refractivity contribution in [1.29, 1.82) is 0 Å². The highest BCUT2D eigenvalue weighted by atomic mass is 28.3. The Kier molecular flexibility index (Phi) is 4.57. The molecule has 3 nitrogen and oxygen atoms in total. The molecule has 0 spiro atoms. The molecule has 1 atom stereocenters. The first kappa shape index (κ1) is 12.2. The van der Waals surface area contributed by atoms with Crippen LogP contribution in [0.2, 0.25) is 13.1 Å². The van der Waals surface area contributed by atoms with Crippen LogP contribution >= 0.6 is 0 Å². The van der Waals surface area contributed by atoms with E-state index in [9.17, 15) is 0 Å². The van der Waals surface area contributed by atoms with Gasteiger partial charge in [0.2, 0.25) is 0 Å². The molecule has 0 aromatic rings. The van der Waals surface area contributed by atoms with E-state index in [1.54, 1.807) is 0 Å². The molecule has 1 N–H and O–H groups in total. The maximum atomic E-state index is 5.81. The second-order valence-electron chi connectivity index (χ2n) is 4.49. The Hall–Kier alpha value is 0.0969. The Bertz CT molecular complexity index is 168. The summed E-state index contributed by atoms with van der Waals surface area (Å²) in [5.41, 5.74) is -0.122. The van der Waals surface area contributed by atoms with Crippen LogP contribution in [-0.4, -0.2) is 34.5 Å². The number of nitrogens with one attached hydrogen (secondary N) is 1. The molecule has 1 fully saturated rings. The first-order valence-electron chi connectivity index (χ1n) is 5.57. The predicted octanol–water partition coefficient (Wildman–Crippen LogP) is 1.35. The fourth-order valence-corrected chi connectivity index (χ4v) is 2.40. The minimum Gasteiger partial charge on any atom is -0.420 e. The van der Waals surface area contributed by atoms with E-state index in [2.05, 4.69) is 32.3 Å². The lowest BCUT2D eigenvalue weighted by Crippen LogP contribution is -2.47. The minimum absolute atomic E-state index is 0.122. The summed E-state index contributed by atoms with van der Waals surface area (Å²) in [6.45, 7) is 11.4. The third-order valence-electron chi connectivity index (χ3n) is 2.74. The lowest BCUT2D eigenvalue weighted by atomic mass is 9.97. The average molecular weight is 217 g/mol. The van der Waals surface area contributed by atoms with Crippen LogP contribution in [-0.2, 0) is 9.16 Å². The molecule has 14 heavy (non-hydrogen) atoms. The van der Waals surface area contributed by atoms with E-state index in [4.69, 9.17) is 9.16 Å². The molecule has 84 valence electrons. The Morgan fingerprint density at radius 1 is 1.50 bits per heavy atom. The van der Waals surface area contributed by atoms with Gasteiger partial charge in [-0.15, -0.1) is 0 Å². The molecule has 1 aliphatic heterocycles. The molecule has 1 unspecified atom stereocenters. The first-order valence-corrected chi connectivity index (χ1v) is 8.35. The van der Waals surface area contributed by atoms with Gasteiger partial charge in [-0.05, 0) is 19.0 Å². The average Bonchev–Trinajstić information content (AvgIpc) is 2.53. The van der Waals surface area contributed by atoms with Crippen LogP contribution in [0.4, 0.5) is 0 Å². The molecule has 0 aromatic heterocycles. The molecule has 1 heterocycles. The third kappa shape index (κ3) is 3.05. The molecule has 1 rings (SSSR count). The van der Waals surface area contributed by atoms with E-state index in [0.717, 1.165) is 26.2 Å². The SMILES string of the molecule is CC(C)C1(CCO[SiH](C)C)NCCO1. The summed E-state index contributed by atoms with van der Waals surface area (Å²) in [6.07, 6.45) is 0.968. The Morgan fingerprint density at radius 3 is 2.64 bits per heavy atom. The Labute approximate surface area is 88.9 Å². The van der Waals surface area contributed by atoms with Gasteiger partial charge in [0.15, 0.2) is 9.04 Å². The molecular weight excluding hydrogens is 194 g/mol. The maximum absolute atomic E-state index is 5.81. The van der Waals surface area contributed by atoms with E-state index in [1.165, 1.54) is 0 Å². The van der Waals surface area contributed by atoms with Gasteiger partial charge >= 0.3 is 0 Å². The smallest absolute Gasteiger partial charge is 0.170 e.